The Balaban J connectivity index is 2.34. The lowest BCUT2D eigenvalue weighted by Gasteiger charge is -2.35. The first-order valence-electron chi connectivity index (χ1n) is 6.98. The molecule has 0 saturated carbocycles. The van der Waals surface area contributed by atoms with Crippen molar-refractivity contribution in [3.05, 3.63) is 0 Å². The highest BCUT2D eigenvalue weighted by Crippen LogP contribution is 2.21. The molecule has 1 saturated heterocycles. The molecule has 1 N–H and O–H groups in total. The molecule has 1 heterocycles. The molecule has 1 fully saturated rings. The van der Waals surface area contributed by atoms with Crippen molar-refractivity contribution in [2.75, 3.05) is 39.9 Å². The minimum absolute atomic E-state index is 0.0560. The first-order valence-corrected chi connectivity index (χ1v) is 6.98. The van der Waals surface area contributed by atoms with Crippen LogP contribution in [0.4, 0.5) is 13.2 Å². The summed E-state index contributed by atoms with van der Waals surface area (Å²) < 4.78 is 42.0. The molecule has 114 valence electrons. The first kappa shape index (κ1) is 16.7. The molecule has 0 aromatic rings. The molecule has 1 rings (SSSR count). The number of nitrogens with one attached hydrogen (secondary N) is 1. The van der Waals surface area contributed by atoms with Crippen molar-refractivity contribution in [3.8, 4) is 0 Å². The van der Waals surface area contributed by atoms with Crippen molar-refractivity contribution in [3.63, 3.8) is 0 Å². The molecule has 0 radical (unpaired) electrons. The Morgan fingerprint density at radius 1 is 1.37 bits per heavy atom. The number of hydrogen-bond donors (Lipinski definition) is 1. The second-order valence-corrected chi connectivity index (χ2v) is 5.31. The van der Waals surface area contributed by atoms with E-state index in [1.54, 1.807) is 11.9 Å². The summed E-state index contributed by atoms with van der Waals surface area (Å²) in [6, 6.07) is 0.363. The molecule has 0 amide bonds. The predicted molar refractivity (Wildman–Crippen MR) is 69.2 cm³/mol. The van der Waals surface area contributed by atoms with Crippen LogP contribution in [-0.2, 0) is 4.74 Å². The van der Waals surface area contributed by atoms with Gasteiger partial charge in [0.2, 0.25) is 0 Å². The fourth-order valence-electron chi connectivity index (χ4n) is 2.38. The third-order valence-corrected chi connectivity index (χ3v) is 3.45. The molecule has 0 spiro atoms. The molecule has 2 unspecified atom stereocenters. The molecule has 2 atom stereocenters. The topological polar surface area (TPSA) is 24.5 Å². The Hall–Kier alpha value is -0.330. The Morgan fingerprint density at radius 3 is 2.74 bits per heavy atom. The van der Waals surface area contributed by atoms with Crippen molar-refractivity contribution < 1.29 is 17.9 Å². The van der Waals surface area contributed by atoms with E-state index in [4.69, 9.17) is 4.74 Å². The molecular formula is C13H25F3N2O. The second-order valence-electron chi connectivity index (χ2n) is 5.31. The van der Waals surface area contributed by atoms with Gasteiger partial charge in [0.1, 0.15) is 0 Å². The summed E-state index contributed by atoms with van der Waals surface area (Å²) in [6.07, 6.45) is -2.81. The zero-order chi connectivity index (χ0) is 14.3. The van der Waals surface area contributed by atoms with Gasteiger partial charge in [-0.3, -0.25) is 0 Å². The smallest absolute Gasteiger partial charge is 0.381 e. The summed E-state index contributed by atoms with van der Waals surface area (Å²) in [6.45, 7) is 5.14. The molecule has 1 aliphatic heterocycles. The van der Waals surface area contributed by atoms with Crippen molar-refractivity contribution >= 4 is 0 Å². The van der Waals surface area contributed by atoms with E-state index in [2.05, 4.69) is 12.2 Å². The lowest BCUT2D eigenvalue weighted by Crippen LogP contribution is -2.47. The van der Waals surface area contributed by atoms with Crippen LogP contribution in [0.5, 0.6) is 0 Å². The number of halogens is 3. The fourth-order valence-corrected chi connectivity index (χ4v) is 2.38. The maximum absolute atomic E-state index is 12.2. The normalized spacial score (nSPS) is 24.9. The maximum Gasteiger partial charge on any atom is 0.390 e. The third kappa shape index (κ3) is 7.13. The van der Waals surface area contributed by atoms with Crippen LogP contribution in [-0.4, -0.2) is 57.0 Å². The zero-order valence-electron chi connectivity index (χ0n) is 11.8. The highest BCUT2D eigenvalue weighted by atomic mass is 19.4. The SMILES string of the molecule is CCCNC1CCOCC1CN(C)CCC(F)(F)F. The first-order chi connectivity index (χ1) is 8.92. The summed E-state index contributed by atoms with van der Waals surface area (Å²) in [7, 11) is 1.75. The van der Waals surface area contributed by atoms with Gasteiger partial charge in [0.25, 0.3) is 0 Å². The fraction of sp³-hybridized carbons (Fsp3) is 1.00. The van der Waals surface area contributed by atoms with Crippen LogP contribution < -0.4 is 5.32 Å². The molecule has 6 heteroatoms. The number of alkyl halides is 3. The standard InChI is InChI=1S/C13H25F3N2O/c1-3-6-17-12-4-8-19-10-11(12)9-18(2)7-5-13(14,15)16/h11-12,17H,3-10H2,1-2H3. The second kappa shape index (κ2) is 8.07. The number of nitrogens with zero attached hydrogens (tertiary/aromatic N) is 1. The van der Waals surface area contributed by atoms with Gasteiger partial charge in [-0.25, -0.2) is 0 Å². The van der Waals surface area contributed by atoms with Crippen LogP contribution in [0.25, 0.3) is 0 Å². The lowest BCUT2D eigenvalue weighted by atomic mass is 9.95. The van der Waals surface area contributed by atoms with Crippen molar-refractivity contribution in [1.29, 1.82) is 0 Å². The molecule has 1 aliphatic rings. The van der Waals surface area contributed by atoms with Crippen molar-refractivity contribution in [2.45, 2.75) is 38.4 Å². The highest BCUT2D eigenvalue weighted by molar-refractivity contribution is 4.81. The predicted octanol–water partition coefficient (Wildman–Crippen LogP) is 2.28. The summed E-state index contributed by atoms with van der Waals surface area (Å²) in [4.78, 5) is 1.76. The average molecular weight is 282 g/mol. The van der Waals surface area contributed by atoms with Gasteiger partial charge in [-0.05, 0) is 26.4 Å². The van der Waals surface area contributed by atoms with E-state index >= 15 is 0 Å². The van der Waals surface area contributed by atoms with Crippen LogP contribution in [0.2, 0.25) is 0 Å². The van der Waals surface area contributed by atoms with Gasteiger partial charge in [-0.15, -0.1) is 0 Å². The van der Waals surface area contributed by atoms with Crippen LogP contribution >= 0.6 is 0 Å². The Labute approximate surface area is 113 Å². The van der Waals surface area contributed by atoms with Gasteiger partial charge in [0.15, 0.2) is 0 Å². The number of rotatable bonds is 7. The van der Waals surface area contributed by atoms with Crippen LogP contribution in [0, 0.1) is 5.92 Å². The lowest BCUT2D eigenvalue weighted by molar-refractivity contribution is -0.137. The molecular weight excluding hydrogens is 257 g/mol. The molecule has 0 bridgehead atoms. The van der Waals surface area contributed by atoms with Gasteiger partial charge in [-0.2, -0.15) is 13.2 Å². The minimum atomic E-state index is -4.07. The van der Waals surface area contributed by atoms with Crippen LogP contribution in [0.1, 0.15) is 26.2 Å². The van der Waals surface area contributed by atoms with E-state index in [0.717, 1.165) is 26.0 Å². The molecule has 19 heavy (non-hydrogen) atoms. The van der Waals surface area contributed by atoms with Crippen molar-refractivity contribution in [2.24, 2.45) is 5.92 Å². The highest BCUT2D eigenvalue weighted by Gasteiger charge is 2.29. The molecule has 3 nitrogen and oxygen atoms in total. The zero-order valence-corrected chi connectivity index (χ0v) is 11.8. The van der Waals surface area contributed by atoms with Gasteiger partial charge in [0.05, 0.1) is 13.0 Å². The number of hydrogen-bond acceptors (Lipinski definition) is 3. The van der Waals surface area contributed by atoms with Gasteiger partial charge < -0.3 is 15.0 Å². The average Bonchev–Trinajstić information content (AvgIpc) is 2.34. The van der Waals surface area contributed by atoms with E-state index in [0.29, 0.717) is 19.2 Å². The molecule has 0 aliphatic carbocycles. The van der Waals surface area contributed by atoms with E-state index in [1.165, 1.54) is 0 Å². The van der Waals surface area contributed by atoms with E-state index < -0.39 is 12.6 Å². The van der Waals surface area contributed by atoms with Gasteiger partial charge in [0, 0.05) is 31.7 Å². The van der Waals surface area contributed by atoms with E-state index in [9.17, 15) is 13.2 Å². The Morgan fingerprint density at radius 2 is 2.11 bits per heavy atom. The third-order valence-electron chi connectivity index (χ3n) is 3.45. The number of ether oxygens (including phenoxy) is 1. The molecule has 0 aromatic carbocycles. The monoisotopic (exact) mass is 282 g/mol. The largest absolute Gasteiger partial charge is 0.390 e. The summed E-state index contributed by atoms with van der Waals surface area (Å²) in [5.74, 6) is 0.276. The summed E-state index contributed by atoms with van der Waals surface area (Å²) >= 11 is 0. The van der Waals surface area contributed by atoms with Crippen LogP contribution in [0.3, 0.4) is 0 Å². The molecule has 0 aromatic heterocycles. The van der Waals surface area contributed by atoms with Gasteiger partial charge in [-0.1, -0.05) is 6.92 Å². The van der Waals surface area contributed by atoms with E-state index in [-0.39, 0.29) is 12.5 Å². The Bertz CT molecular complexity index is 249. The summed E-state index contributed by atoms with van der Waals surface area (Å²) in [5.41, 5.74) is 0. The van der Waals surface area contributed by atoms with Crippen molar-refractivity contribution in [1.82, 2.24) is 10.2 Å². The van der Waals surface area contributed by atoms with Gasteiger partial charge >= 0.3 is 6.18 Å². The maximum atomic E-state index is 12.2. The van der Waals surface area contributed by atoms with E-state index in [1.807, 2.05) is 0 Å². The quantitative estimate of drug-likeness (QED) is 0.775. The van der Waals surface area contributed by atoms with Crippen LogP contribution in [0.15, 0.2) is 0 Å². The Kier molecular flexibility index (Phi) is 7.10. The minimum Gasteiger partial charge on any atom is -0.381 e. The summed E-state index contributed by atoms with van der Waals surface area (Å²) in [5, 5.41) is 3.47.